The van der Waals surface area contributed by atoms with Crippen LogP contribution in [0.15, 0.2) is 29.1 Å². The molecule has 0 spiro atoms. The van der Waals surface area contributed by atoms with Crippen LogP contribution in [0.2, 0.25) is 0 Å². The maximum absolute atomic E-state index is 12.0. The van der Waals surface area contributed by atoms with E-state index >= 15 is 0 Å². The van der Waals surface area contributed by atoms with Gasteiger partial charge >= 0.3 is 5.97 Å². The third kappa shape index (κ3) is 2.07. The smallest absolute Gasteiger partial charge is 0.347 e. The minimum atomic E-state index is -0.619. The summed E-state index contributed by atoms with van der Waals surface area (Å²) in [5.74, 6) is -0.351. The number of carbonyl (C=O) groups excluding carboxylic acids is 1. The molecule has 1 fully saturated rings. The van der Waals surface area contributed by atoms with Crippen molar-refractivity contribution in [2.24, 2.45) is 0 Å². The molecule has 19 heavy (non-hydrogen) atoms. The van der Waals surface area contributed by atoms with Crippen molar-refractivity contribution in [1.29, 1.82) is 0 Å². The van der Waals surface area contributed by atoms with Gasteiger partial charge in [0.15, 0.2) is 5.56 Å². The lowest BCUT2D eigenvalue weighted by atomic mass is 10.1. The molecule has 0 saturated heterocycles. The molecule has 0 amide bonds. The van der Waals surface area contributed by atoms with Gasteiger partial charge in [-0.2, -0.15) is 0 Å². The Morgan fingerprint density at radius 2 is 2.05 bits per heavy atom. The van der Waals surface area contributed by atoms with Crippen LogP contribution in [0.3, 0.4) is 0 Å². The highest BCUT2D eigenvalue weighted by molar-refractivity contribution is 5.99. The molecule has 1 heterocycles. The van der Waals surface area contributed by atoms with Gasteiger partial charge in [0, 0.05) is 5.39 Å². The van der Waals surface area contributed by atoms with E-state index in [9.17, 15) is 9.59 Å². The first kappa shape index (κ1) is 11.8. The van der Waals surface area contributed by atoms with Gasteiger partial charge in [-0.15, -0.1) is 0 Å². The topological polar surface area (TPSA) is 68.4 Å². The first-order chi connectivity index (χ1) is 9.20. The summed E-state index contributed by atoms with van der Waals surface area (Å²) in [6.45, 7) is 0. The van der Waals surface area contributed by atoms with E-state index in [4.69, 9.17) is 9.47 Å². The highest BCUT2D eigenvalue weighted by Gasteiger charge is 2.30. The highest BCUT2D eigenvalue weighted by Crippen LogP contribution is 2.29. The van der Waals surface area contributed by atoms with Crippen molar-refractivity contribution in [3.8, 4) is 5.75 Å². The minimum absolute atomic E-state index is 0.0527. The van der Waals surface area contributed by atoms with Gasteiger partial charge in [0.1, 0.15) is 11.9 Å². The van der Waals surface area contributed by atoms with Gasteiger partial charge in [0.05, 0.1) is 12.6 Å². The van der Waals surface area contributed by atoms with Crippen LogP contribution >= 0.6 is 0 Å². The van der Waals surface area contributed by atoms with E-state index in [1.54, 1.807) is 18.2 Å². The zero-order chi connectivity index (χ0) is 13.4. The quantitative estimate of drug-likeness (QED) is 0.854. The molecule has 1 saturated carbocycles. The van der Waals surface area contributed by atoms with Crippen molar-refractivity contribution in [2.45, 2.75) is 18.9 Å². The molecule has 2 aromatic rings. The molecule has 0 aliphatic heterocycles. The van der Waals surface area contributed by atoms with E-state index in [1.165, 1.54) is 7.11 Å². The van der Waals surface area contributed by atoms with Crippen LogP contribution in [-0.4, -0.2) is 24.2 Å². The average molecular weight is 259 g/mol. The summed E-state index contributed by atoms with van der Waals surface area (Å²) in [6.07, 6.45) is 1.67. The van der Waals surface area contributed by atoms with Gasteiger partial charge in [-0.05, 0) is 25.0 Å². The predicted octanol–water partition coefficient (Wildman–Crippen LogP) is 1.86. The van der Waals surface area contributed by atoms with Crippen molar-refractivity contribution in [1.82, 2.24) is 4.98 Å². The molecule has 0 unspecified atom stereocenters. The normalized spacial score (nSPS) is 14.4. The molecular formula is C14H13NO4. The maximum Gasteiger partial charge on any atom is 0.347 e. The van der Waals surface area contributed by atoms with Crippen molar-refractivity contribution in [2.75, 3.05) is 7.11 Å². The number of carbonyl (C=O) groups is 1. The number of ether oxygens (including phenoxy) is 2. The van der Waals surface area contributed by atoms with Crippen molar-refractivity contribution < 1.29 is 14.3 Å². The fraction of sp³-hybridized carbons (Fsp3) is 0.286. The van der Waals surface area contributed by atoms with Crippen molar-refractivity contribution in [3.05, 3.63) is 40.2 Å². The summed E-state index contributed by atoms with van der Waals surface area (Å²) in [5, 5.41) is 0.687. The number of esters is 1. The number of H-pyrrole nitrogens is 1. The molecule has 1 aliphatic rings. The summed E-state index contributed by atoms with van der Waals surface area (Å²) in [6, 6.07) is 7.17. The second-order valence-electron chi connectivity index (χ2n) is 4.51. The van der Waals surface area contributed by atoms with Crippen LogP contribution in [0, 0.1) is 0 Å². The summed E-state index contributed by atoms with van der Waals surface area (Å²) < 4.78 is 10.4. The lowest BCUT2D eigenvalue weighted by molar-refractivity contribution is 0.0467. The first-order valence-electron chi connectivity index (χ1n) is 6.10. The first-order valence-corrected chi connectivity index (χ1v) is 6.10. The molecule has 0 bridgehead atoms. The van der Waals surface area contributed by atoms with E-state index in [0.29, 0.717) is 10.9 Å². The molecular weight excluding hydrogens is 246 g/mol. The van der Waals surface area contributed by atoms with Gasteiger partial charge in [-0.3, -0.25) is 4.79 Å². The van der Waals surface area contributed by atoms with E-state index < -0.39 is 11.5 Å². The van der Waals surface area contributed by atoms with Crippen LogP contribution in [0.25, 0.3) is 10.9 Å². The number of para-hydroxylation sites is 1. The van der Waals surface area contributed by atoms with Gasteiger partial charge in [-0.25, -0.2) is 4.79 Å². The largest absolute Gasteiger partial charge is 0.495 e. The number of rotatable bonds is 3. The molecule has 3 rings (SSSR count). The van der Waals surface area contributed by atoms with E-state index in [2.05, 4.69) is 4.98 Å². The van der Waals surface area contributed by atoms with E-state index in [-0.39, 0.29) is 17.4 Å². The minimum Gasteiger partial charge on any atom is -0.495 e. The number of aromatic nitrogens is 1. The Morgan fingerprint density at radius 3 is 2.74 bits per heavy atom. The van der Waals surface area contributed by atoms with Crippen LogP contribution in [-0.2, 0) is 4.74 Å². The molecule has 0 atom stereocenters. The average Bonchev–Trinajstić information content (AvgIpc) is 3.20. The monoisotopic (exact) mass is 259 g/mol. The van der Waals surface area contributed by atoms with Crippen LogP contribution < -0.4 is 10.3 Å². The summed E-state index contributed by atoms with van der Waals surface area (Å²) in [4.78, 5) is 26.7. The summed E-state index contributed by atoms with van der Waals surface area (Å²) in [7, 11) is 1.44. The number of aromatic amines is 1. The van der Waals surface area contributed by atoms with Gasteiger partial charge < -0.3 is 14.5 Å². The summed E-state index contributed by atoms with van der Waals surface area (Å²) >= 11 is 0. The number of hydrogen-bond acceptors (Lipinski definition) is 4. The van der Waals surface area contributed by atoms with Crippen molar-refractivity contribution >= 4 is 16.9 Å². The number of benzene rings is 1. The summed E-state index contributed by atoms with van der Waals surface area (Å²) in [5.41, 5.74) is 0.0848. The lowest BCUT2D eigenvalue weighted by Gasteiger charge is -2.10. The Hall–Kier alpha value is -2.30. The Morgan fingerprint density at radius 1 is 1.32 bits per heavy atom. The second kappa shape index (κ2) is 4.42. The standard InChI is InChI=1S/C14H13NO4/c1-18-12-9-4-2-3-5-10(9)15-13(16)11(12)14(17)19-8-6-7-8/h2-5,8H,6-7H2,1H3,(H,15,16). The molecule has 5 nitrogen and oxygen atoms in total. The number of fused-ring (bicyclic) bond motifs is 1. The zero-order valence-corrected chi connectivity index (χ0v) is 10.4. The Labute approximate surface area is 109 Å². The second-order valence-corrected chi connectivity index (χ2v) is 4.51. The third-order valence-electron chi connectivity index (χ3n) is 3.08. The Bertz CT molecular complexity index is 700. The van der Waals surface area contributed by atoms with Crippen LogP contribution in [0.5, 0.6) is 5.75 Å². The molecule has 98 valence electrons. The fourth-order valence-electron chi connectivity index (χ4n) is 2.01. The fourth-order valence-corrected chi connectivity index (χ4v) is 2.01. The number of nitrogens with one attached hydrogen (secondary N) is 1. The third-order valence-corrected chi connectivity index (χ3v) is 3.08. The highest BCUT2D eigenvalue weighted by atomic mass is 16.6. The number of methoxy groups -OCH3 is 1. The Kier molecular flexibility index (Phi) is 2.74. The molecule has 1 aromatic heterocycles. The Balaban J connectivity index is 2.18. The lowest BCUT2D eigenvalue weighted by Crippen LogP contribution is -2.21. The van der Waals surface area contributed by atoms with Crippen molar-refractivity contribution in [3.63, 3.8) is 0 Å². The zero-order valence-electron chi connectivity index (χ0n) is 10.4. The van der Waals surface area contributed by atoms with Gasteiger partial charge in [0.25, 0.3) is 5.56 Å². The predicted molar refractivity (Wildman–Crippen MR) is 69.6 cm³/mol. The number of pyridine rings is 1. The van der Waals surface area contributed by atoms with Gasteiger partial charge in [0.2, 0.25) is 0 Å². The molecule has 1 aliphatic carbocycles. The molecule has 1 aromatic carbocycles. The van der Waals surface area contributed by atoms with Crippen LogP contribution in [0.4, 0.5) is 0 Å². The maximum atomic E-state index is 12.0. The molecule has 5 heteroatoms. The number of hydrogen-bond donors (Lipinski definition) is 1. The van der Waals surface area contributed by atoms with E-state index in [0.717, 1.165) is 12.8 Å². The van der Waals surface area contributed by atoms with Gasteiger partial charge in [-0.1, -0.05) is 12.1 Å². The SMILES string of the molecule is COc1c(C(=O)OC2CC2)c(=O)[nH]c2ccccc12. The van der Waals surface area contributed by atoms with Crippen LogP contribution in [0.1, 0.15) is 23.2 Å². The molecule has 0 radical (unpaired) electrons. The van der Waals surface area contributed by atoms with E-state index in [1.807, 2.05) is 6.07 Å². The molecule has 1 N–H and O–H groups in total.